The molecular formula is C20H24BrF2NO6. The largest absolute Gasteiger partial charge is 0.455 e. The first-order chi connectivity index (χ1) is 13.9. The number of Topliss-reactive ketones (excluding diaryl/α,β-unsaturated/α-hetero) is 1. The number of amides is 1. The molecule has 30 heavy (non-hydrogen) atoms. The Hall–Kier alpha value is -2.07. The Kier molecular flexibility index (Phi) is 7.93. The number of hydrogen-bond donors (Lipinski definition) is 0. The summed E-state index contributed by atoms with van der Waals surface area (Å²) in [4.78, 5) is 38.8. The summed E-state index contributed by atoms with van der Waals surface area (Å²) < 4.78 is 41.1. The average molecular weight is 492 g/mol. The molecule has 7 nitrogen and oxygen atoms in total. The van der Waals surface area contributed by atoms with Gasteiger partial charge in [-0.25, -0.2) is 9.59 Å². The van der Waals surface area contributed by atoms with Crippen LogP contribution in [0.15, 0.2) is 28.7 Å². The highest BCUT2D eigenvalue weighted by Crippen LogP contribution is 2.33. The first-order valence-electron chi connectivity index (χ1n) is 9.31. The van der Waals surface area contributed by atoms with E-state index in [2.05, 4.69) is 20.7 Å². The van der Waals surface area contributed by atoms with Crippen molar-refractivity contribution in [3.63, 3.8) is 0 Å². The summed E-state index contributed by atoms with van der Waals surface area (Å²) in [5, 5.41) is 0. The molecule has 0 N–H and O–H groups in total. The fourth-order valence-corrected chi connectivity index (χ4v) is 3.33. The van der Waals surface area contributed by atoms with Gasteiger partial charge in [0.05, 0.1) is 6.61 Å². The van der Waals surface area contributed by atoms with E-state index >= 15 is 0 Å². The lowest BCUT2D eigenvalue weighted by Crippen LogP contribution is -2.58. The van der Waals surface area contributed by atoms with Crippen LogP contribution >= 0.6 is 15.9 Å². The molecule has 2 rings (SSSR count). The third-order valence-corrected chi connectivity index (χ3v) is 4.96. The molecule has 0 aliphatic carbocycles. The standard InChI is InChI=1S/C20H24BrF2NO6/c1-19(2,3)30-18(27)24-10-4-9-20(24,12-29-17(22)23)16(26)28-11-15(25)13-5-7-14(21)8-6-13/h5-8,17H,4,9-12H2,1-3H3. The average Bonchev–Trinajstić information content (AvgIpc) is 3.09. The maximum absolute atomic E-state index is 12.9. The molecule has 1 heterocycles. The third kappa shape index (κ3) is 6.21. The van der Waals surface area contributed by atoms with Gasteiger partial charge < -0.3 is 14.2 Å². The molecule has 0 saturated carbocycles. The second-order valence-electron chi connectivity index (χ2n) is 7.84. The summed E-state index contributed by atoms with van der Waals surface area (Å²) in [6.07, 6.45) is -0.430. The zero-order valence-electron chi connectivity index (χ0n) is 17.0. The molecule has 1 amide bonds. The summed E-state index contributed by atoms with van der Waals surface area (Å²) >= 11 is 3.26. The summed E-state index contributed by atoms with van der Waals surface area (Å²) in [7, 11) is 0. The van der Waals surface area contributed by atoms with Gasteiger partial charge in [-0.05, 0) is 45.7 Å². The van der Waals surface area contributed by atoms with Crippen LogP contribution in [0.1, 0.15) is 44.0 Å². The number of ether oxygens (including phenoxy) is 3. The van der Waals surface area contributed by atoms with E-state index in [1.165, 1.54) is 0 Å². The first-order valence-corrected chi connectivity index (χ1v) is 10.1. The molecule has 0 spiro atoms. The van der Waals surface area contributed by atoms with Crippen LogP contribution < -0.4 is 0 Å². The number of ketones is 1. The number of carbonyl (C=O) groups is 3. The topological polar surface area (TPSA) is 82.1 Å². The number of nitrogens with zero attached hydrogens (tertiary/aromatic N) is 1. The highest BCUT2D eigenvalue weighted by atomic mass is 79.9. The van der Waals surface area contributed by atoms with Crippen LogP contribution in [-0.4, -0.2) is 60.3 Å². The van der Waals surface area contributed by atoms with E-state index in [-0.39, 0.29) is 13.0 Å². The number of rotatable bonds is 7. The van der Waals surface area contributed by atoms with Crippen molar-refractivity contribution in [3.8, 4) is 0 Å². The van der Waals surface area contributed by atoms with Crippen molar-refractivity contribution in [1.82, 2.24) is 4.90 Å². The quantitative estimate of drug-likeness (QED) is 0.420. The summed E-state index contributed by atoms with van der Waals surface area (Å²) in [6, 6.07) is 6.43. The highest BCUT2D eigenvalue weighted by molar-refractivity contribution is 9.10. The Labute approximate surface area is 181 Å². The Morgan fingerprint density at radius 2 is 1.83 bits per heavy atom. The molecule has 0 aromatic heterocycles. The second kappa shape index (κ2) is 9.82. The maximum Gasteiger partial charge on any atom is 0.411 e. The van der Waals surface area contributed by atoms with E-state index in [4.69, 9.17) is 9.47 Å². The zero-order chi connectivity index (χ0) is 22.5. The van der Waals surface area contributed by atoms with Crippen LogP contribution in [0.3, 0.4) is 0 Å². The minimum absolute atomic E-state index is 0.0459. The molecule has 1 aromatic carbocycles. The monoisotopic (exact) mass is 491 g/mol. The Balaban J connectivity index is 2.17. The highest BCUT2D eigenvalue weighted by Gasteiger charge is 2.53. The molecular weight excluding hydrogens is 468 g/mol. The van der Waals surface area contributed by atoms with Gasteiger partial charge in [0.15, 0.2) is 17.9 Å². The molecule has 10 heteroatoms. The van der Waals surface area contributed by atoms with Crippen molar-refractivity contribution >= 4 is 33.8 Å². The van der Waals surface area contributed by atoms with E-state index in [9.17, 15) is 23.2 Å². The Morgan fingerprint density at radius 1 is 1.20 bits per heavy atom. The van der Waals surface area contributed by atoms with Crippen LogP contribution in [0.25, 0.3) is 0 Å². The fraction of sp³-hybridized carbons (Fsp3) is 0.550. The molecule has 1 atom stereocenters. The lowest BCUT2D eigenvalue weighted by atomic mass is 9.97. The molecule has 1 aromatic rings. The van der Waals surface area contributed by atoms with Crippen LogP contribution in [0.4, 0.5) is 13.6 Å². The van der Waals surface area contributed by atoms with Crippen molar-refractivity contribution in [1.29, 1.82) is 0 Å². The van der Waals surface area contributed by atoms with E-state index in [0.29, 0.717) is 12.0 Å². The molecule has 0 radical (unpaired) electrons. The van der Waals surface area contributed by atoms with E-state index in [0.717, 1.165) is 9.37 Å². The summed E-state index contributed by atoms with van der Waals surface area (Å²) in [5.41, 5.74) is -2.32. The van der Waals surface area contributed by atoms with Crippen LogP contribution in [0.2, 0.25) is 0 Å². The smallest absolute Gasteiger partial charge is 0.411 e. The number of alkyl halides is 2. The van der Waals surface area contributed by atoms with Crippen LogP contribution in [-0.2, 0) is 19.0 Å². The predicted molar refractivity (Wildman–Crippen MR) is 106 cm³/mol. The summed E-state index contributed by atoms with van der Waals surface area (Å²) in [5.74, 6) is -1.46. The number of likely N-dealkylation sites (tertiary alicyclic amines) is 1. The SMILES string of the molecule is CC(C)(C)OC(=O)N1CCCC1(COC(F)F)C(=O)OCC(=O)c1ccc(Br)cc1. The Morgan fingerprint density at radius 3 is 2.40 bits per heavy atom. The fourth-order valence-electron chi connectivity index (χ4n) is 3.07. The number of hydrogen-bond acceptors (Lipinski definition) is 6. The van der Waals surface area contributed by atoms with Gasteiger partial charge in [-0.15, -0.1) is 0 Å². The maximum atomic E-state index is 12.9. The van der Waals surface area contributed by atoms with Gasteiger partial charge in [-0.3, -0.25) is 9.69 Å². The van der Waals surface area contributed by atoms with E-state index < -0.39 is 48.8 Å². The van der Waals surface area contributed by atoms with E-state index in [1.54, 1.807) is 45.0 Å². The van der Waals surface area contributed by atoms with Gasteiger partial charge in [0.25, 0.3) is 0 Å². The lowest BCUT2D eigenvalue weighted by molar-refractivity contribution is -0.177. The first kappa shape index (κ1) is 24.2. The van der Waals surface area contributed by atoms with Crippen LogP contribution in [0, 0.1) is 0 Å². The molecule has 1 aliphatic rings. The number of carbonyl (C=O) groups excluding carboxylic acids is 3. The van der Waals surface area contributed by atoms with Gasteiger partial charge in [0, 0.05) is 16.6 Å². The van der Waals surface area contributed by atoms with Crippen molar-refractivity contribution in [2.45, 2.75) is 51.4 Å². The van der Waals surface area contributed by atoms with Gasteiger partial charge in [0.1, 0.15) is 5.60 Å². The molecule has 1 unspecified atom stereocenters. The number of esters is 1. The van der Waals surface area contributed by atoms with Crippen molar-refractivity contribution in [2.75, 3.05) is 19.8 Å². The summed E-state index contributed by atoms with van der Waals surface area (Å²) in [6.45, 7) is 0.542. The normalized spacial score (nSPS) is 19.1. The lowest BCUT2D eigenvalue weighted by Gasteiger charge is -2.36. The van der Waals surface area contributed by atoms with Crippen LogP contribution in [0.5, 0.6) is 0 Å². The van der Waals surface area contributed by atoms with Gasteiger partial charge in [-0.1, -0.05) is 28.1 Å². The van der Waals surface area contributed by atoms with Gasteiger partial charge in [0.2, 0.25) is 0 Å². The van der Waals surface area contributed by atoms with Gasteiger partial charge in [-0.2, -0.15) is 8.78 Å². The second-order valence-corrected chi connectivity index (χ2v) is 8.76. The number of halogens is 3. The molecule has 1 fully saturated rings. The van der Waals surface area contributed by atoms with Crippen molar-refractivity contribution in [2.24, 2.45) is 0 Å². The molecule has 0 bridgehead atoms. The zero-order valence-corrected chi connectivity index (χ0v) is 18.5. The molecule has 1 aliphatic heterocycles. The minimum atomic E-state index is -3.14. The molecule has 166 valence electrons. The van der Waals surface area contributed by atoms with Crippen molar-refractivity contribution < 1.29 is 37.4 Å². The van der Waals surface area contributed by atoms with E-state index in [1.807, 2.05) is 0 Å². The molecule has 1 saturated heterocycles. The third-order valence-electron chi connectivity index (χ3n) is 4.43. The predicted octanol–water partition coefficient (Wildman–Crippen LogP) is 4.18. The van der Waals surface area contributed by atoms with Gasteiger partial charge >= 0.3 is 18.7 Å². The number of benzene rings is 1. The minimum Gasteiger partial charge on any atom is -0.455 e. The Bertz CT molecular complexity index is 780. The van der Waals surface area contributed by atoms with Crippen molar-refractivity contribution in [3.05, 3.63) is 34.3 Å².